The van der Waals surface area contributed by atoms with E-state index in [0.717, 1.165) is 17.9 Å². The zero-order chi connectivity index (χ0) is 12.1. The Morgan fingerprint density at radius 3 is 2.94 bits per heavy atom. The van der Waals surface area contributed by atoms with Gasteiger partial charge in [0, 0.05) is 18.5 Å². The molecule has 0 spiro atoms. The van der Waals surface area contributed by atoms with Crippen LogP contribution in [0.2, 0.25) is 0 Å². The van der Waals surface area contributed by atoms with Crippen LogP contribution in [-0.2, 0) is 6.42 Å². The second kappa shape index (κ2) is 5.34. The normalized spacial score (nSPS) is 10.2. The summed E-state index contributed by atoms with van der Waals surface area (Å²) >= 11 is 0. The van der Waals surface area contributed by atoms with Gasteiger partial charge < -0.3 is 14.6 Å². The Morgan fingerprint density at radius 2 is 2.18 bits per heavy atom. The number of para-hydroxylation sites is 1. The fourth-order valence-electron chi connectivity index (χ4n) is 1.57. The van der Waals surface area contributed by atoms with Crippen molar-refractivity contribution >= 4 is 6.01 Å². The third-order valence-electron chi connectivity index (χ3n) is 2.34. The molecule has 1 heterocycles. The maximum Gasteiger partial charge on any atom is 0.321 e. The number of methoxy groups -OCH3 is 1. The number of nitrogens with zero attached hydrogens (tertiary/aromatic N) is 2. The van der Waals surface area contributed by atoms with Crippen molar-refractivity contribution in [2.75, 3.05) is 19.0 Å². The first-order valence-corrected chi connectivity index (χ1v) is 5.52. The largest absolute Gasteiger partial charge is 0.496 e. The van der Waals surface area contributed by atoms with Crippen molar-refractivity contribution < 1.29 is 9.26 Å². The summed E-state index contributed by atoms with van der Waals surface area (Å²) in [6.45, 7) is 2.74. The fourth-order valence-corrected chi connectivity index (χ4v) is 1.57. The maximum absolute atomic E-state index is 5.27. The number of rotatable bonds is 5. The van der Waals surface area contributed by atoms with Gasteiger partial charge in [-0.3, -0.25) is 0 Å². The molecule has 0 saturated carbocycles. The predicted octanol–water partition coefficient (Wildman–Crippen LogP) is 2.10. The maximum atomic E-state index is 5.27. The predicted molar refractivity (Wildman–Crippen MR) is 64.3 cm³/mol. The number of aromatic nitrogens is 2. The van der Waals surface area contributed by atoms with Crippen LogP contribution in [0.15, 0.2) is 28.8 Å². The summed E-state index contributed by atoms with van der Waals surface area (Å²) < 4.78 is 10.3. The van der Waals surface area contributed by atoms with E-state index in [-0.39, 0.29) is 0 Å². The van der Waals surface area contributed by atoms with E-state index in [9.17, 15) is 0 Å². The molecule has 0 aliphatic rings. The van der Waals surface area contributed by atoms with E-state index in [1.807, 2.05) is 31.2 Å². The van der Waals surface area contributed by atoms with Crippen molar-refractivity contribution in [2.24, 2.45) is 0 Å². The summed E-state index contributed by atoms with van der Waals surface area (Å²) in [6, 6.07) is 8.26. The van der Waals surface area contributed by atoms with Gasteiger partial charge in [0.05, 0.1) is 7.11 Å². The van der Waals surface area contributed by atoms with Gasteiger partial charge in [0.1, 0.15) is 5.75 Å². The molecule has 1 aromatic heterocycles. The van der Waals surface area contributed by atoms with Crippen LogP contribution < -0.4 is 10.1 Å². The highest BCUT2D eigenvalue weighted by Crippen LogP contribution is 2.20. The minimum absolute atomic E-state index is 0.456. The quantitative estimate of drug-likeness (QED) is 0.857. The Labute approximate surface area is 99.8 Å². The monoisotopic (exact) mass is 233 g/mol. The highest BCUT2D eigenvalue weighted by molar-refractivity contribution is 5.35. The summed E-state index contributed by atoms with van der Waals surface area (Å²) in [5, 5.41) is 6.87. The number of hydrogen-bond donors (Lipinski definition) is 1. The molecule has 17 heavy (non-hydrogen) atoms. The lowest BCUT2D eigenvalue weighted by molar-refractivity contribution is 0.408. The highest BCUT2D eigenvalue weighted by atomic mass is 16.5. The molecular weight excluding hydrogens is 218 g/mol. The SMILES string of the molecule is CCNc1nc(Cc2ccccc2OC)no1. The highest BCUT2D eigenvalue weighted by Gasteiger charge is 2.09. The Bertz CT molecular complexity index is 482. The molecule has 0 atom stereocenters. The molecule has 0 aliphatic carbocycles. The Morgan fingerprint density at radius 1 is 1.35 bits per heavy atom. The van der Waals surface area contributed by atoms with E-state index in [2.05, 4.69) is 15.5 Å². The molecule has 5 heteroatoms. The van der Waals surface area contributed by atoms with Gasteiger partial charge >= 0.3 is 6.01 Å². The number of ether oxygens (including phenoxy) is 1. The number of nitrogens with one attached hydrogen (secondary N) is 1. The van der Waals surface area contributed by atoms with Gasteiger partial charge in [-0.2, -0.15) is 4.98 Å². The zero-order valence-corrected chi connectivity index (χ0v) is 9.93. The van der Waals surface area contributed by atoms with Crippen LogP contribution in [0.5, 0.6) is 5.75 Å². The van der Waals surface area contributed by atoms with E-state index in [1.54, 1.807) is 7.11 Å². The molecule has 0 aliphatic heterocycles. The Hall–Kier alpha value is -2.04. The van der Waals surface area contributed by atoms with Crippen LogP contribution in [0.4, 0.5) is 6.01 Å². The molecule has 0 bridgehead atoms. The van der Waals surface area contributed by atoms with Crippen molar-refractivity contribution in [3.8, 4) is 5.75 Å². The minimum Gasteiger partial charge on any atom is -0.496 e. The molecule has 0 amide bonds. The van der Waals surface area contributed by atoms with E-state index < -0.39 is 0 Å². The van der Waals surface area contributed by atoms with E-state index in [4.69, 9.17) is 9.26 Å². The van der Waals surface area contributed by atoms with Crippen molar-refractivity contribution in [1.82, 2.24) is 10.1 Å². The van der Waals surface area contributed by atoms with Gasteiger partial charge in [0.15, 0.2) is 5.82 Å². The van der Waals surface area contributed by atoms with E-state index in [1.165, 1.54) is 0 Å². The van der Waals surface area contributed by atoms with Gasteiger partial charge in [-0.15, -0.1) is 0 Å². The van der Waals surface area contributed by atoms with Crippen LogP contribution >= 0.6 is 0 Å². The van der Waals surface area contributed by atoms with Gasteiger partial charge in [-0.1, -0.05) is 23.4 Å². The third kappa shape index (κ3) is 2.75. The fraction of sp³-hybridized carbons (Fsp3) is 0.333. The van der Waals surface area contributed by atoms with Crippen LogP contribution in [-0.4, -0.2) is 23.8 Å². The topological polar surface area (TPSA) is 60.2 Å². The molecular formula is C12H15N3O2. The zero-order valence-electron chi connectivity index (χ0n) is 9.93. The summed E-state index contributed by atoms with van der Waals surface area (Å²) in [4.78, 5) is 4.23. The van der Waals surface area contributed by atoms with Crippen molar-refractivity contribution in [3.63, 3.8) is 0 Å². The van der Waals surface area contributed by atoms with E-state index in [0.29, 0.717) is 18.3 Å². The number of benzene rings is 1. The first-order chi connectivity index (χ1) is 8.33. The summed E-state index contributed by atoms with van der Waals surface area (Å²) in [6.07, 6.45) is 0.596. The average Bonchev–Trinajstić information content (AvgIpc) is 2.78. The smallest absolute Gasteiger partial charge is 0.321 e. The van der Waals surface area contributed by atoms with E-state index >= 15 is 0 Å². The summed E-state index contributed by atoms with van der Waals surface area (Å²) in [7, 11) is 1.65. The molecule has 5 nitrogen and oxygen atoms in total. The molecule has 0 saturated heterocycles. The van der Waals surface area contributed by atoms with Crippen molar-refractivity contribution in [1.29, 1.82) is 0 Å². The molecule has 90 valence electrons. The van der Waals surface area contributed by atoms with Gasteiger partial charge in [0.2, 0.25) is 0 Å². The lowest BCUT2D eigenvalue weighted by Crippen LogP contribution is -1.98. The van der Waals surface area contributed by atoms with Gasteiger partial charge in [-0.25, -0.2) is 0 Å². The molecule has 0 radical (unpaired) electrons. The Kier molecular flexibility index (Phi) is 3.59. The molecule has 0 fully saturated rings. The van der Waals surface area contributed by atoms with Crippen molar-refractivity contribution in [2.45, 2.75) is 13.3 Å². The molecule has 2 aromatic rings. The summed E-state index contributed by atoms with van der Waals surface area (Å²) in [5.41, 5.74) is 1.04. The van der Waals surface area contributed by atoms with Gasteiger partial charge in [-0.05, 0) is 13.0 Å². The van der Waals surface area contributed by atoms with Crippen LogP contribution in [0.3, 0.4) is 0 Å². The van der Waals surface area contributed by atoms with Crippen LogP contribution in [0, 0.1) is 0 Å². The molecule has 0 unspecified atom stereocenters. The third-order valence-corrected chi connectivity index (χ3v) is 2.34. The van der Waals surface area contributed by atoms with Crippen LogP contribution in [0.1, 0.15) is 18.3 Å². The lowest BCUT2D eigenvalue weighted by atomic mass is 10.1. The average molecular weight is 233 g/mol. The lowest BCUT2D eigenvalue weighted by Gasteiger charge is -2.04. The minimum atomic E-state index is 0.456. The second-order valence-corrected chi connectivity index (χ2v) is 3.53. The number of anilines is 1. The summed E-state index contributed by atoms with van der Waals surface area (Å²) in [5.74, 6) is 1.48. The molecule has 2 rings (SSSR count). The molecule has 1 N–H and O–H groups in total. The Balaban J connectivity index is 2.13. The van der Waals surface area contributed by atoms with Gasteiger partial charge in [0.25, 0.3) is 0 Å². The van der Waals surface area contributed by atoms with Crippen molar-refractivity contribution in [3.05, 3.63) is 35.7 Å². The first-order valence-electron chi connectivity index (χ1n) is 5.52. The van der Waals surface area contributed by atoms with Crippen LogP contribution in [0.25, 0.3) is 0 Å². The number of hydrogen-bond acceptors (Lipinski definition) is 5. The first kappa shape index (κ1) is 11.4. The standard InChI is InChI=1S/C12H15N3O2/c1-3-13-12-14-11(15-17-12)8-9-6-4-5-7-10(9)16-2/h4-7H,3,8H2,1-2H3,(H,13,14,15). The second-order valence-electron chi connectivity index (χ2n) is 3.53. The molecule has 1 aromatic carbocycles.